The average Bonchev–Trinajstić information content (AvgIpc) is 2.26. The number of aliphatic hydroxyl groups is 1. The van der Waals surface area contributed by atoms with E-state index in [2.05, 4.69) is 4.98 Å². The molecular weight excluding hydrogens is 190 g/mol. The van der Waals surface area contributed by atoms with Gasteiger partial charge < -0.3 is 9.84 Å². The molecule has 1 aromatic heterocycles. The summed E-state index contributed by atoms with van der Waals surface area (Å²) in [7, 11) is 0. The number of aliphatic hydroxyl groups excluding tert-OH is 1. The molecule has 1 rings (SSSR count). The van der Waals surface area contributed by atoms with Crippen LogP contribution in [0, 0.1) is 0 Å². The predicted octanol–water partition coefficient (Wildman–Crippen LogP) is 1.80. The Kier molecular flexibility index (Phi) is 5.97. The Hall–Kier alpha value is -0.930. The Morgan fingerprint density at radius 2 is 2.33 bits per heavy atom. The van der Waals surface area contributed by atoms with E-state index in [0.717, 1.165) is 31.7 Å². The quantitative estimate of drug-likeness (QED) is 0.696. The Labute approximate surface area is 91.1 Å². The molecule has 0 aliphatic heterocycles. The zero-order valence-electron chi connectivity index (χ0n) is 9.22. The Morgan fingerprint density at radius 1 is 1.47 bits per heavy atom. The Balaban J connectivity index is 2.16. The van der Waals surface area contributed by atoms with Crippen LogP contribution in [0.2, 0.25) is 0 Å². The van der Waals surface area contributed by atoms with Crippen LogP contribution >= 0.6 is 0 Å². The van der Waals surface area contributed by atoms with Crippen molar-refractivity contribution in [1.82, 2.24) is 4.98 Å². The third-order valence-corrected chi connectivity index (χ3v) is 2.20. The van der Waals surface area contributed by atoms with Crippen molar-refractivity contribution >= 4 is 0 Å². The number of nitrogens with zero attached hydrogens (tertiary/aromatic N) is 1. The molecular formula is C12H19NO2. The highest BCUT2D eigenvalue weighted by Gasteiger charge is 2.05. The van der Waals surface area contributed by atoms with E-state index in [9.17, 15) is 5.11 Å². The number of hydrogen-bond acceptors (Lipinski definition) is 3. The number of aromatic nitrogens is 1. The zero-order valence-corrected chi connectivity index (χ0v) is 9.22. The maximum atomic E-state index is 9.71. The first-order valence-electron chi connectivity index (χ1n) is 5.48. The Morgan fingerprint density at radius 3 is 3.00 bits per heavy atom. The number of pyridine rings is 1. The second kappa shape index (κ2) is 7.37. The highest BCUT2D eigenvalue weighted by Crippen LogP contribution is 2.05. The maximum absolute atomic E-state index is 9.71. The van der Waals surface area contributed by atoms with Gasteiger partial charge in [-0.25, -0.2) is 0 Å². The lowest BCUT2D eigenvalue weighted by Crippen LogP contribution is -2.12. The summed E-state index contributed by atoms with van der Waals surface area (Å²) in [5, 5.41) is 9.71. The van der Waals surface area contributed by atoms with Crippen molar-refractivity contribution in [3.8, 4) is 0 Å². The van der Waals surface area contributed by atoms with Gasteiger partial charge >= 0.3 is 0 Å². The normalized spacial score (nSPS) is 12.7. The van der Waals surface area contributed by atoms with E-state index >= 15 is 0 Å². The van der Waals surface area contributed by atoms with E-state index < -0.39 is 0 Å². The summed E-state index contributed by atoms with van der Waals surface area (Å²) in [5.41, 5.74) is 0.946. The molecule has 1 heterocycles. The lowest BCUT2D eigenvalue weighted by atomic mass is 10.1. The highest BCUT2D eigenvalue weighted by molar-refractivity contribution is 5.04. The first-order chi connectivity index (χ1) is 7.33. The fraction of sp³-hybridized carbons (Fsp3) is 0.583. The summed E-state index contributed by atoms with van der Waals surface area (Å²) < 4.78 is 5.21. The molecule has 0 aliphatic carbocycles. The molecule has 1 N–H and O–H groups in total. The largest absolute Gasteiger partial charge is 0.393 e. The molecule has 1 aromatic rings. The molecule has 0 saturated carbocycles. The van der Waals surface area contributed by atoms with Gasteiger partial charge in [-0.05, 0) is 31.9 Å². The van der Waals surface area contributed by atoms with Crippen LogP contribution in [0.25, 0.3) is 0 Å². The molecule has 84 valence electrons. The molecule has 1 unspecified atom stereocenters. The van der Waals surface area contributed by atoms with Gasteiger partial charge in [0.15, 0.2) is 0 Å². The smallest absolute Gasteiger partial charge is 0.0596 e. The molecule has 0 amide bonds. The average molecular weight is 209 g/mol. The molecule has 0 saturated heterocycles. The van der Waals surface area contributed by atoms with Crippen molar-refractivity contribution in [2.24, 2.45) is 0 Å². The molecule has 3 nitrogen and oxygen atoms in total. The van der Waals surface area contributed by atoms with Crippen molar-refractivity contribution in [2.45, 2.75) is 32.3 Å². The van der Waals surface area contributed by atoms with Gasteiger partial charge in [0, 0.05) is 31.5 Å². The lowest BCUT2D eigenvalue weighted by Gasteiger charge is -2.09. The van der Waals surface area contributed by atoms with Crippen LogP contribution in [0.1, 0.15) is 25.5 Å². The van der Waals surface area contributed by atoms with Crippen LogP contribution < -0.4 is 0 Å². The van der Waals surface area contributed by atoms with Crippen LogP contribution in [-0.2, 0) is 11.2 Å². The minimum atomic E-state index is -0.305. The second-order valence-corrected chi connectivity index (χ2v) is 3.52. The van der Waals surface area contributed by atoms with Crippen molar-refractivity contribution in [1.29, 1.82) is 0 Å². The van der Waals surface area contributed by atoms with Gasteiger partial charge in [0.25, 0.3) is 0 Å². The highest BCUT2D eigenvalue weighted by atomic mass is 16.5. The zero-order chi connectivity index (χ0) is 10.9. The van der Waals surface area contributed by atoms with E-state index in [1.54, 1.807) is 6.20 Å². The van der Waals surface area contributed by atoms with Gasteiger partial charge in [-0.1, -0.05) is 6.07 Å². The third-order valence-electron chi connectivity index (χ3n) is 2.20. The van der Waals surface area contributed by atoms with Gasteiger partial charge in [-0.15, -0.1) is 0 Å². The van der Waals surface area contributed by atoms with Crippen molar-refractivity contribution in [2.75, 3.05) is 13.2 Å². The molecule has 15 heavy (non-hydrogen) atoms. The third kappa shape index (κ3) is 5.50. The van der Waals surface area contributed by atoms with Gasteiger partial charge in [0.2, 0.25) is 0 Å². The second-order valence-electron chi connectivity index (χ2n) is 3.52. The first kappa shape index (κ1) is 12.1. The SMILES string of the molecule is CCOCCCC(O)Cc1ccccn1. The van der Waals surface area contributed by atoms with Gasteiger partial charge in [-0.3, -0.25) is 4.98 Å². The van der Waals surface area contributed by atoms with Crippen molar-refractivity contribution in [3.05, 3.63) is 30.1 Å². The van der Waals surface area contributed by atoms with Crippen LogP contribution in [-0.4, -0.2) is 29.4 Å². The molecule has 3 heteroatoms. The molecule has 0 bridgehead atoms. The first-order valence-corrected chi connectivity index (χ1v) is 5.48. The van der Waals surface area contributed by atoms with Crippen LogP contribution in [0.4, 0.5) is 0 Å². The standard InChI is InChI=1S/C12H19NO2/c1-2-15-9-5-7-12(14)10-11-6-3-4-8-13-11/h3-4,6,8,12,14H,2,5,7,9-10H2,1H3. The van der Waals surface area contributed by atoms with Gasteiger partial charge in [0.05, 0.1) is 6.10 Å². The summed E-state index contributed by atoms with van der Waals surface area (Å²) >= 11 is 0. The van der Waals surface area contributed by atoms with E-state index in [4.69, 9.17) is 4.74 Å². The van der Waals surface area contributed by atoms with Gasteiger partial charge in [-0.2, -0.15) is 0 Å². The summed E-state index contributed by atoms with van der Waals surface area (Å²) in [6.45, 7) is 3.45. The van der Waals surface area contributed by atoms with Crippen LogP contribution in [0.15, 0.2) is 24.4 Å². The minimum Gasteiger partial charge on any atom is -0.393 e. The predicted molar refractivity (Wildman–Crippen MR) is 59.7 cm³/mol. The van der Waals surface area contributed by atoms with Crippen molar-refractivity contribution in [3.63, 3.8) is 0 Å². The molecule has 0 aliphatic rings. The molecule has 1 atom stereocenters. The molecule has 0 fully saturated rings. The summed E-state index contributed by atoms with van der Waals surface area (Å²) in [5.74, 6) is 0. The lowest BCUT2D eigenvalue weighted by molar-refractivity contribution is 0.114. The van der Waals surface area contributed by atoms with E-state index in [1.165, 1.54) is 0 Å². The minimum absolute atomic E-state index is 0.305. The monoisotopic (exact) mass is 209 g/mol. The topological polar surface area (TPSA) is 42.4 Å². The summed E-state index contributed by atoms with van der Waals surface area (Å²) in [6, 6.07) is 5.76. The van der Waals surface area contributed by atoms with Crippen LogP contribution in [0.3, 0.4) is 0 Å². The molecule has 0 spiro atoms. The van der Waals surface area contributed by atoms with E-state index in [-0.39, 0.29) is 6.10 Å². The fourth-order valence-corrected chi connectivity index (χ4v) is 1.43. The molecule has 0 radical (unpaired) electrons. The number of hydrogen-bond donors (Lipinski definition) is 1. The van der Waals surface area contributed by atoms with Gasteiger partial charge in [0.1, 0.15) is 0 Å². The Bertz CT molecular complexity index is 251. The summed E-state index contributed by atoms with van der Waals surface area (Å²) in [6.07, 6.45) is 3.76. The van der Waals surface area contributed by atoms with E-state index in [1.807, 2.05) is 25.1 Å². The number of rotatable bonds is 7. The van der Waals surface area contributed by atoms with Crippen molar-refractivity contribution < 1.29 is 9.84 Å². The van der Waals surface area contributed by atoms with Crippen LogP contribution in [0.5, 0.6) is 0 Å². The van der Waals surface area contributed by atoms with E-state index in [0.29, 0.717) is 6.42 Å². The number of ether oxygens (including phenoxy) is 1. The summed E-state index contributed by atoms with van der Waals surface area (Å²) in [4.78, 5) is 4.17. The molecule has 0 aromatic carbocycles. The maximum Gasteiger partial charge on any atom is 0.0596 e. The fourth-order valence-electron chi connectivity index (χ4n) is 1.43.